The van der Waals surface area contributed by atoms with E-state index in [1.54, 1.807) is 6.92 Å². The molecule has 362 valence electrons. The Labute approximate surface area is 394 Å². The summed E-state index contributed by atoms with van der Waals surface area (Å²) in [7, 11) is -3.98. The molecule has 0 saturated carbocycles. The van der Waals surface area contributed by atoms with Gasteiger partial charge < -0.3 is 67.2 Å². The molecule has 0 heterocycles. The third kappa shape index (κ3) is 39.6. The smallest absolute Gasteiger partial charge is 0.778 e. The van der Waals surface area contributed by atoms with Crippen molar-refractivity contribution in [3.63, 3.8) is 0 Å². The quantitative estimate of drug-likeness (QED) is 0.0450. The van der Waals surface area contributed by atoms with Gasteiger partial charge in [-0.15, -0.1) is 0 Å². The number of ether oxygens (including phenoxy) is 8. The molecule has 0 fully saturated rings. The molecule has 0 spiro atoms. The van der Waals surface area contributed by atoms with E-state index in [1.165, 1.54) is 89.9 Å². The summed E-state index contributed by atoms with van der Waals surface area (Å²) >= 11 is 0. The third-order valence-corrected chi connectivity index (χ3v) is 12.1. The minimum atomic E-state index is -3.98. The zero-order valence-corrected chi connectivity index (χ0v) is 42.6. The van der Waals surface area contributed by atoms with E-state index in [2.05, 4.69) is 6.92 Å². The summed E-state index contributed by atoms with van der Waals surface area (Å²) in [5.74, 6) is 0. The number of aliphatic hydroxyl groups excluding tert-OH is 3. The molecule has 3 N–H and O–H groups in total. The maximum Gasteiger partial charge on any atom is 1.00 e. The molecule has 0 aromatic heterocycles. The molecule has 0 aliphatic heterocycles. The first-order chi connectivity index (χ1) is 29.2. The Hall–Kier alpha value is 0.710. The Kier molecular flexibility index (Phi) is 47.9. The number of rotatable bonds is 50. The van der Waals surface area contributed by atoms with E-state index in [0.717, 1.165) is 12.8 Å². The van der Waals surface area contributed by atoms with Crippen LogP contribution < -0.4 is 34.5 Å². The molecule has 0 bridgehead atoms. The fourth-order valence-corrected chi connectivity index (χ4v) is 7.53. The summed E-state index contributed by atoms with van der Waals surface area (Å²) in [4.78, 5) is 12.1. The topological polar surface area (TPSA) is 184 Å². The van der Waals surface area contributed by atoms with Crippen LogP contribution in [0, 0.1) is 10.8 Å². The van der Waals surface area contributed by atoms with Crippen molar-refractivity contribution in [3.05, 3.63) is 0 Å². The van der Waals surface area contributed by atoms with Crippen LogP contribution in [0.15, 0.2) is 0 Å². The average molecular weight is 911 g/mol. The van der Waals surface area contributed by atoms with E-state index in [-0.39, 0.29) is 122 Å². The molecule has 0 aromatic rings. The standard InChI is InChI=1S/C45H93O14P.Na/c1-5-9-10-11-12-13-14-15-16-17-18-19-20-21-22-23-26-53-35-43(48)36-57-40-45(7-3,38-55-32-30-52-28-25-47)42-58-41-44(6-2,37-54-31-29-51-27-24-46)39-56-33-34-60(49,50)59-8-4;/h43,46-48H,5-42H2,1-4H3,(H,49,50);/q;+1/p-1. The predicted octanol–water partition coefficient (Wildman–Crippen LogP) is 4.11. The van der Waals surface area contributed by atoms with Crippen LogP contribution in [0.1, 0.15) is 143 Å². The Balaban J connectivity index is 0. The number of hydrogen-bond acceptors (Lipinski definition) is 14. The maximum atomic E-state index is 12.1. The molecule has 0 aliphatic rings. The van der Waals surface area contributed by atoms with E-state index in [1.807, 2.05) is 13.8 Å². The Morgan fingerprint density at radius 3 is 1.28 bits per heavy atom. The van der Waals surface area contributed by atoms with Crippen LogP contribution in [0.5, 0.6) is 0 Å². The largest absolute Gasteiger partial charge is 1.00 e. The normalized spacial score (nSPS) is 15.3. The third-order valence-electron chi connectivity index (χ3n) is 10.8. The van der Waals surface area contributed by atoms with Crippen molar-refractivity contribution in [2.75, 3.05) is 132 Å². The van der Waals surface area contributed by atoms with Crippen LogP contribution in [-0.2, 0) is 47.0 Å². The molecular formula is C45H92NaO14P. The first-order valence-corrected chi connectivity index (χ1v) is 25.4. The summed E-state index contributed by atoms with van der Waals surface area (Å²) in [6, 6.07) is 0. The van der Waals surface area contributed by atoms with Gasteiger partial charge in [-0.05, 0) is 26.2 Å². The Morgan fingerprint density at radius 1 is 0.475 bits per heavy atom. The van der Waals surface area contributed by atoms with Gasteiger partial charge >= 0.3 is 29.6 Å². The van der Waals surface area contributed by atoms with E-state index in [0.29, 0.717) is 52.5 Å². The van der Waals surface area contributed by atoms with E-state index in [9.17, 15) is 14.6 Å². The second kappa shape index (κ2) is 45.8. The van der Waals surface area contributed by atoms with E-state index in [4.69, 9.17) is 52.6 Å². The van der Waals surface area contributed by atoms with Crippen molar-refractivity contribution in [3.8, 4) is 0 Å². The van der Waals surface area contributed by atoms with Gasteiger partial charge in [-0.25, -0.2) is 0 Å². The molecule has 16 heteroatoms. The molecule has 4 unspecified atom stereocenters. The molecule has 0 amide bonds. The fraction of sp³-hybridized carbons (Fsp3) is 1.00. The molecule has 0 rings (SSSR count). The molecule has 0 aliphatic carbocycles. The van der Waals surface area contributed by atoms with Gasteiger partial charge in [0.15, 0.2) is 0 Å². The van der Waals surface area contributed by atoms with Gasteiger partial charge in [-0.3, -0.25) is 0 Å². The monoisotopic (exact) mass is 911 g/mol. The molecule has 4 atom stereocenters. The van der Waals surface area contributed by atoms with Crippen molar-refractivity contribution in [2.45, 2.75) is 149 Å². The average Bonchev–Trinajstić information content (AvgIpc) is 3.24. The molecule has 0 saturated heterocycles. The minimum absolute atomic E-state index is 0. The van der Waals surface area contributed by atoms with Gasteiger partial charge in [-0.1, -0.05) is 117 Å². The van der Waals surface area contributed by atoms with Crippen LogP contribution >= 0.6 is 7.60 Å². The molecule has 0 aromatic carbocycles. The van der Waals surface area contributed by atoms with E-state index < -0.39 is 24.5 Å². The van der Waals surface area contributed by atoms with Gasteiger partial charge in [0.1, 0.15) is 13.7 Å². The Bertz CT molecular complexity index is 944. The molecule has 61 heavy (non-hydrogen) atoms. The molecule has 14 nitrogen and oxygen atoms in total. The van der Waals surface area contributed by atoms with E-state index >= 15 is 0 Å². The summed E-state index contributed by atoms with van der Waals surface area (Å²) in [6.45, 7) is 12.2. The van der Waals surface area contributed by atoms with Gasteiger partial charge in [0.2, 0.25) is 0 Å². The second-order valence-corrected chi connectivity index (χ2v) is 18.3. The maximum absolute atomic E-state index is 12.1. The van der Waals surface area contributed by atoms with Gasteiger partial charge in [-0.2, -0.15) is 0 Å². The van der Waals surface area contributed by atoms with Crippen LogP contribution in [0.4, 0.5) is 0 Å². The SMILES string of the molecule is CCCCCCCCCCCCCCCCCCOCC(O)COCC(CC)(COCCOCCO)COCC(CC)(COCCOCCO)COCCP(=O)([O-])OCC.[Na+]. The minimum Gasteiger partial charge on any atom is -0.778 e. The van der Waals surface area contributed by atoms with Crippen LogP contribution in [0.25, 0.3) is 0 Å². The zero-order valence-electron chi connectivity index (χ0n) is 39.7. The summed E-state index contributed by atoms with van der Waals surface area (Å²) in [5, 5.41) is 28.7. The van der Waals surface area contributed by atoms with Crippen molar-refractivity contribution in [1.82, 2.24) is 0 Å². The van der Waals surface area contributed by atoms with Crippen molar-refractivity contribution < 1.29 is 96.8 Å². The second-order valence-electron chi connectivity index (χ2n) is 16.3. The summed E-state index contributed by atoms with van der Waals surface area (Å²) in [5.41, 5.74) is -1.13. The van der Waals surface area contributed by atoms with Crippen molar-refractivity contribution in [1.29, 1.82) is 0 Å². The molecule has 0 radical (unpaired) electrons. The first kappa shape index (κ1) is 63.8. The van der Waals surface area contributed by atoms with Gasteiger partial charge in [0, 0.05) is 23.6 Å². The van der Waals surface area contributed by atoms with Crippen LogP contribution in [-0.4, -0.2) is 153 Å². The molecular weight excluding hydrogens is 818 g/mol. The van der Waals surface area contributed by atoms with Gasteiger partial charge in [0.05, 0.1) is 119 Å². The Morgan fingerprint density at radius 2 is 0.852 bits per heavy atom. The van der Waals surface area contributed by atoms with Crippen LogP contribution in [0.2, 0.25) is 0 Å². The number of unbranched alkanes of at least 4 members (excludes halogenated alkanes) is 15. The zero-order chi connectivity index (χ0) is 44.3. The van der Waals surface area contributed by atoms with Crippen molar-refractivity contribution in [2.24, 2.45) is 10.8 Å². The number of aliphatic hydroxyl groups is 3. The van der Waals surface area contributed by atoms with Crippen molar-refractivity contribution >= 4 is 7.60 Å². The summed E-state index contributed by atoms with van der Waals surface area (Å²) < 4.78 is 63.8. The fourth-order valence-electron chi connectivity index (χ4n) is 6.65. The predicted molar refractivity (Wildman–Crippen MR) is 236 cm³/mol. The number of hydrogen-bond donors (Lipinski definition) is 3. The summed E-state index contributed by atoms with van der Waals surface area (Å²) in [6.07, 6.45) is 21.5. The first-order valence-electron chi connectivity index (χ1n) is 23.6. The van der Waals surface area contributed by atoms with Gasteiger partial charge in [0.25, 0.3) is 0 Å². The van der Waals surface area contributed by atoms with Crippen LogP contribution in [0.3, 0.4) is 0 Å².